The molecular weight excluding hydrogens is 168 g/mol. The summed E-state index contributed by atoms with van der Waals surface area (Å²) in [6, 6.07) is 0. The van der Waals surface area contributed by atoms with Gasteiger partial charge in [0.25, 0.3) is 0 Å². The normalized spacial score (nSPS) is 24.0. The summed E-state index contributed by atoms with van der Waals surface area (Å²) in [5, 5.41) is 0. The van der Waals surface area contributed by atoms with Gasteiger partial charge in [0.05, 0.1) is 4.87 Å². The molecule has 0 radical (unpaired) electrons. The first-order valence-electron chi connectivity index (χ1n) is 4.66. The number of rotatable bonds is 1. The summed E-state index contributed by atoms with van der Waals surface area (Å²) in [4.78, 5) is 4.88. The maximum Gasteiger partial charge on any atom is 0.0583 e. The summed E-state index contributed by atoms with van der Waals surface area (Å²) in [5.41, 5.74) is 0. The molecule has 1 aliphatic rings. The van der Waals surface area contributed by atoms with E-state index in [1.54, 1.807) is 0 Å². The molecule has 72 valence electrons. The lowest BCUT2D eigenvalue weighted by atomic mass is 10.3. The quantitative estimate of drug-likeness (QED) is 0.620. The van der Waals surface area contributed by atoms with E-state index < -0.39 is 0 Å². The van der Waals surface area contributed by atoms with Crippen LogP contribution in [0.5, 0.6) is 0 Å². The molecule has 0 amide bonds. The minimum atomic E-state index is 0.0468. The molecule has 0 aromatic carbocycles. The second kappa shape index (κ2) is 3.99. The Kier molecular flexibility index (Phi) is 3.44. The summed E-state index contributed by atoms with van der Waals surface area (Å²) in [6.45, 7) is 9.06. The Labute approximate surface area is 81.3 Å². The van der Waals surface area contributed by atoms with Crippen molar-refractivity contribution in [1.82, 2.24) is 9.80 Å². The first kappa shape index (κ1) is 10.4. The van der Waals surface area contributed by atoms with Gasteiger partial charge in [0, 0.05) is 19.6 Å². The number of nitrogens with zero attached hydrogens (tertiary/aromatic N) is 2. The minimum absolute atomic E-state index is 0.0468. The third-order valence-electron chi connectivity index (χ3n) is 2.49. The molecule has 1 heterocycles. The van der Waals surface area contributed by atoms with E-state index in [4.69, 9.17) is 0 Å². The molecule has 0 bridgehead atoms. The minimum Gasteiger partial charge on any atom is -0.305 e. The summed E-state index contributed by atoms with van der Waals surface area (Å²) >= 11 is 4.58. The van der Waals surface area contributed by atoms with Gasteiger partial charge in [-0.15, -0.1) is 0 Å². The van der Waals surface area contributed by atoms with Gasteiger partial charge in [-0.1, -0.05) is 0 Å². The topological polar surface area (TPSA) is 6.48 Å². The van der Waals surface area contributed by atoms with Crippen LogP contribution in [0.15, 0.2) is 0 Å². The zero-order chi connectivity index (χ0) is 9.19. The van der Waals surface area contributed by atoms with Crippen molar-refractivity contribution in [3.05, 3.63) is 0 Å². The smallest absolute Gasteiger partial charge is 0.0583 e. The van der Waals surface area contributed by atoms with Gasteiger partial charge in [-0.3, -0.25) is 4.90 Å². The lowest BCUT2D eigenvalue weighted by Gasteiger charge is -2.33. The Morgan fingerprint density at radius 2 is 1.75 bits per heavy atom. The molecule has 1 rings (SSSR count). The zero-order valence-electron chi connectivity index (χ0n) is 8.38. The second-order valence-electron chi connectivity index (χ2n) is 4.14. The predicted octanol–water partition coefficient (Wildman–Crippen LogP) is 1.29. The van der Waals surface area contributed by atoms with Crippen molar-refractivity contribution in [2.75, 3.05) is 33.2 Å². The largest absolute Gasteiger partial charge is 0.305 e. The molecule has 12 heavy (non-hydrogen) atoms. The average Bonchev–Trinajstić information content (AvgIpc) is 2.11. The third-order valence-corrected chi connectivity index (χ3v) is 2.78. The van der Waals surface area contributed by atoms with Crippen LogP contribution >= 0.6 is 12.6 Å². The number of likely N-dealkylation sites (N-methyl/N-ethyl adjacent to an activating group) is 1. The fourth-order valence-corrected chi connectivity index (χ4v) is 1.79. The first-order valence-corrected chi connectivity index (χ1v) is 5.11. The lowest BCUT2D eigenvalue weighted by molar-refractivity contribution is 0.204. The number of hydrogen-bond donors (Lipinski definition) is 1. The summed E-state index contributed by atoms with van der Waals surface area (Å²) in [7, 11) is 2.19. The summed E-state index contributed by atoms with van der Waals surface area (Å²) < 4.78 is 0. The van der Waals surface area contributed by atoms with Gasteiger partial charge in [0.1, 0.15) is 0 Å². The van der Waals surface area contributed by atoms with E-state index in [-0.39, 0.29) is 4.87 Å². The van der Waals surface area contributed by atoms with Crippen LogP contribution in [0.25, 0.3) is 0 Å². The van der Waals surface area contributed by atoms with Crippen LogP contribution in [0.4, 0.5) is 0 Å². The molecule has 0 N–H and O–H groups in total. The van der Waals surface area contributed by atoms with E-state index in [2.05, 4.69) is 43.3 Å². The third kappa shape index (κ3) is 2.96. The van der Waals surface area contributed by atoms with E-state index in [1.165, 1.54) is 26.1 Å². The fraction of sp³-hybridized carbons (Fsp3) is 1.00. The molecule has 0 unspecified atom stereocenters. The monoisotopic (exact) mass is 188 g/mol. The van der Waals surface area contributed by atoms with Gasteiger partial charge in [0.2, 0.25) is 0 Å². The maximum absolute atomic E-state index is 4.58. The molecule has 0 aliphatic carbocycles. The van der Waals surface area contributed by atoms with Gasteiger partial charge in [-0.2, -0.15) is 12.6 Å². The standard InChI is InChI=1S/C9H20N2S/c1-9(2,12)11-6-4-5-10(3)7-8-11/h12H,4-8H2,1-3H3. The van der Waals surface area contributed by atoms with Crippen LogP contribution in [0.3, 0.4) is 0 Å². The van der Waals surface area contributed by atoms with Gasteiger partial charge >= 0.3 is 0 Å². The molecule has 1 saturated heterocycles. The number of hydrogen-bond acceptors (Lipinski definition) is 3. The van der Waals surface area contributed by atoms with Gasteiger partial charge in [-0.25, -0.2) is 0 Å². The second-order valence-corrected chi connectivity index (χ2v) is 5.23. The average molecular weight is 188 g/mol. The maximum atomic E-state index is 4.58. The molecular formula is C9H20N2S. The van der Waals surface area contributed by atoms with E-state index in [0.717, 1.165) is 6.54 Å². The first-order chi connectivity index (χ1) is 5.50. The highest BCUT2D eigenvalue weighted by Gasteiger charge is 2.23. The van der Waals surface area contributed by atoms with Crippen LogP contribution in [0.1, 0.15) is 20.3 Å². The Bertz CT molecular complexity index is 142. The Morgan fingerprint density at radius 1 is 1.08 bits per heavy atom. The van der Waals surface area contributed by atoms with E-state index in [9.17, 15) is 0 Å². The van der Waals surface area contributed by atoms with E-state index in [0.29, 0.717) is 0 Å². The van der Waals surface area contributed by atoms with Crippen molar-refractivity contribution >= 4 is 12.6 Å². The van der Waals surface area contributed by atoms with Crippen LogP contribution < -0.4 is 0 Å². The molecule has 3 heteroatoms. The molecule has 2 nitrogen and oxygen atoms in total. The highest BCUT2D eigenvalue weighted by Crippen LogP contribution is 2.19. The zero-order valence-corrected chi connectivity index (χ0v) is 9.27. The fourth-order valence-electron chi connectivity index (χ4n) is 1.59. The molecule has 0 spiro atoms. The molecule has 1 aliphatic heterocycles. The van der Waals surface area contributed by atoms with Crippen molar-refractivity contribution < 1.29 is 0 Å². The van der Waals surface area contributed by atoms with Crippen molar-refractivity contribution in [2.24, 2.45) is 0 Å². The molecule has 0 saturated carbocycles. The van der Waals surface area contributed by atoms with Gasteiger partial charge in [-0.05, 0) is 33.9 Å². The molecule has 0 atom stereocenters. The van der Waals surface area contributed by atoms with Crippen LogP contribution in [0.2, 0.25) is 0 Å². The predicted molar refractivity (Wildman–Crippen MR) is 56.8 cm³/mol. The van der Waals surface area contributed by atoms with Crippen LogP contribution in [0, 0.1) is 0 Å². The van der Waals surface area contributed by atoms with Gasteiger partial charge < -0.3 is 4.90 Å². The van der Waals surface area contributed by atoms with Crippen molar-refractivity contribution in [3.63, 3.8) is 0 Å². The van der Waals surface area contributed by atoms with Crippen LogP contribution in [-0.2, 0) is 0 Å². The molecule has 0 aromatic heterocycles. The van der Waals surface area contributed by atoms with Crippen molar-refractivity contribution in [3.8, 4) is 0 Å². The van der Waals surface area contributed by atoms with E-state index in [1.807, 2.05) is 0 Å². The Balaban J connectivity index is 2.46. The Hall–Kier alpha value is 0.270. The van der Waals surface area contributed by atoms with Crippen molar-refractivity contribution in [1.29, 1.82) is 0 Å². The van der Waals surface area contributed by atoms with E-state index >= 15 is 0 Å². The van der Waals surface area contributed by atoms with Gasteiger partial charge in [0.15, 0.2) is 0 Å². The Morgan fingerprint density at radius 3 is 2.33 bits per heavy atom. The molecule has 0 aromatic rings. The summed E-state index contributed by atoms with van der Waals surface area (Å²) in [5.74, 6) is 0. The van der Waals surface area contributed by atoms with Crippen molar-refractivity contribution in [2.45, 2.75) is 25.1 Å². The number of thiol groups is 1. The van der Waals surface area contributed by atoms with Crippen LogP contribution in [-0.4, -0.2) is 47.9 Å². The SMILES string of the molecule is CN1CCCN(C(C)(C)S)CC1. The highest BCUT2D eigenvalue weighted by molar-refractivity contribution is 7.81. The highest BCUT2D eigenvalue weighted by atomic mass is 32.1. The lowest BCUT2D eigenvalue weighted by Crippen LogP contribution is -2.41. The summed E-state index contributed by atoms with van der Waals surface area (Å²) in [6.07, 6.45) is 1.26. The molecule has 1 fully saturated rings.